The molecular formula is C23H25BrN2O5. The lowest BCUT2D eigenvalue weighted by molar-refractivity contribution is -0.139. The third-order valence-corrected chi connectivity index (χ3v) is 5.73. The number of urea groups is 1. The highest BCUT2D eigenvalue weighted by Gasteiger charge is 2.35. The van der Waals surface area contributed by atoms with Gasteiger partial charge in [-0.05, 0) is 53.0 Å². The molecule has 1 aliphatic heterocycles. The van der Waals surface area contributed by atoms with Crippen LogP contribution in [0.15, 0.2) is 58.2 Å². The minimum atomic E-state index is -0.746. The Labute approximate surface area is 189 Å². The molecule has 1 atom stereocenters. The SMILES string of the molecule is CCOc1cc(C2NC(=O)N(C)C(C)=C2C(=O)OCCc2ccccc2)cc(Br)c1O. The van der Waals surface area contributed by atoms with Gasteiger partial charge in [0.15, 0.2) is 11.5 Å². The van der Waals surface area contributed by atoms with Crippen LogP contribution in [0.1, 0.15) is 31.0 Å². The lowest BCUT2D eigenvalue weighted by atomic mass is 9.94. The Hall–Kier alpha value is -3.00. The second kappa shape index (κ2) is 9.87. The molecule has 0 aromatic heterocycles. The zero-order chi connectivity index (χ0) is 22.5. The Bertz CT molecular complexity index is 1010. The second-order valence-electron chi connectivity index (χ2n) is 7.09. The summed E-state index contributed by atoms with van der Waals surface area (Å²) in [6, 6.07) is 11.9. The molecule has 2 N–H and O–H groups in total. The monoisotopic (exact) mass is 488 g/mol. The number of phenolic OH excluding ortho intramolecular Hbond substituents is 1. The Morgan fingerprint density at radius 1 is 1.26 bits per heavy atom. The Kier molecular flexibility index (Phi) is 7.22. The number of allylic oxidation sites excluding steroid dienone is 1. The van der Waals surface area contributed by atoms with E-state index in [2.05, 4.69) is 21.2 Å². The molecule has 0 saturated carbocycles. The van der Waals surface area contributed by atoms with Gasteiger partial charge in [0.2, 0.25) is 0 Å². The topological polar surface area (TPSA) is 88.1 Å². The van der Waals surface area contributed by atoms with Gasteiger partial charge in [-0.3, -0.25) is 0 Å². The lowest BCUT2D eigenvalue weighted by Gasteiger charge is -2.33. The van der Waals surface area contributed by atoms with Crippen LogP contribution in [-0.2, 0) is 16.0 Å². The number of ether oxygens (including phenoxy) is 2. The largest absolute Gasteiger partial charge is 0.503 e. The molecule has 2 aromatic carbocycles. The molecule has 0 radical (unpaired) electrons. The van der Waals surface area contributed by atoms with E-state index >= 15 is 0 Å². The summed E-state index contributed by atoms with van der Waals surface area (Å²) in [5.74, 6) is -0.292. The van der Waals surface area contributed by atoms with Crippen LogP contribution >= 0.6 is 15.9 Å². The van der Waals surface area contributed by atoms with Crippen LogP contribution in [0.5, 0.6) is 11.5 Å². The maximum absolute atomic E-state index is 13.0. The molecule has 1 unspecified atom stereocenters. The average Bonchev–Trinajstić information content (AvgIpc) is 2.75. The number of benzene rings is 2. The van der Waals surface area contributed by atoms with E-state index in [4.69, 9.17) is 9.47 Å². The maximum Gasteiger partial charge on any atom is 0.338 e. The van der Waals surface area contributed by atoms with Crippen LogP contribution < -0.4 is 10.1 Å². The van der Waals surface area contributed by atoms with Crippen molar-refractivity contribution in [2.45, 2.75) is 26.3 Å². The standard InChI is InChI=1S/C23H25BrN2O5/c1-4-30-18-13-16(12-17(24)21(18)27)20-19(14(2)26(3)23(29)25-20)22(28)31-11-10-15-8-6-5-7-9-15/h5-9,12-13,20,27H,4,10-11H2,1-3H3,(H,25,29). The van der Waals surface area contributed by atoms with Crippen LogP contribution in [0.4, 0.5) is 4.79 Å². The highest BCUT2D eigenvalue weighted by Crippen LogP contribution is 2.40. The fourth-order valence-electron chi connectivity index (χ4n) is 3.36. The summed E-state index contributed by atoms with van der Waals surface area (Å²) in [5.41, 5.74) is 2.48. The number of carbonyl (C=O) groups excluding carboxylic acids is 2. The molecular weight excluding hydrogens is 464 g/mol. The molecule has 1 heterocycles. The second-order valence-corrected chi connectivity index (χ2v) is 7.95. The number of halogens is 1. The molecule has 31 heavy (non-hydrogen) atoms. The van der Waals surface area contributed by atoms with Crippen molar-refractivity contribution in [3.63, 3.8) is 0 Å². The summed E-state index contributed by atoms with van der Waals surface area (Å²) in [6.45, 7) is 4.08. The number of amides is 2. The number of esters is 1. The molecule has 0 saturated heterocycles. The van der Waals surface area contributed by atoms with E-state index in [1.807, 2.05) is 30.3 Å². The summed E-state index contributed by atoms with van der Waals surface area (Å²) in [7, 11) is 1.59. The van der Waals surface area contributed by atoms with Crippen molar-refractivity contribution < 1.29 is 24.2 Å². The van der Waals surface area contributed by atoms with Crippen LogP contribution in [-0.4, -0.2) is 42.3 Å². The number of phenols is 1. The highest BCUT2D eigenvalue weighted by atomic mass is 79.9. The van der Waals surface area contributed by atoms with Crippen molar-refractivity contribution in [2.75, 3.05) is 20.3 Å². The molecule has 0 bridgehead atoms. The number of hydrogen-bond acceptors (Lipinski definition) is 5. The lowest BCUT2D eigenvalue weighted by Crippen LogP contribution is -2.46. The van der Waals surface area contributed by atoms with Gasteiger partial charge in [0.25, 0.3) is 0 Å². The van der Waals surface area contributed by atoms with E-state index < -0.39 is 12.0 Å². The van der Waals surface area contributed by atoms with Gasteiger partial charge in [0, 0.05) is 19.2 Å². The van der Waals surface area contributed by atoms with Crippen molar-refractivity contribution in [1.82, 2.24) is 10.2 Å². The molecule has 0 fully saturated rings. The van der Waals surface area contributed by atoms with Crippen LogP contribution in [0, 0.1) is 0 Å². The van der Waals surface area contributed by atoms with Gasteiger partial charge < -0.3 is 24.8 Å². The smallest absolute Gasteiger partial charge is 0.338 e. The number of nitrogens with zero attached hydrogens (tertiary/aromatic N) is 1. The van der Waals surface area contributed by atoms with Crippen molar-refractivity contribution in [3.8, 4) is 11.5 Å². The highest BCUT2D eigenvalue weighted by molar-refractivity contribution is 9.10. The Morgan fingerprint density at radius 3 is 2.65 bits per heavy atom. The first-order valence-electron chi connectivity index (χ1n) is 9.94. The first kappa shape index (κ1) is 22.7. The van der Waals surface area contributed by atoms with E-state index in [0.717, 1.165) is 5.56 Å². The van der Waals surface area contributed by atoms with E-state index in [9.17, 15) is 14.7 Å². The molecule has 1 aliphatic rings. The Morgan fingerprint density at radius 2 is 1.97 bits per heavy atom. The summed E-state index contributed by atoms with van der Waals surface area (Å²) in [4.78, 5) is 26.9. The zero-order valence-corrected chi connectivity index (χ0v) is 19.2. The summed E-state index contributed by atoms with van der Waals surface area (Å²) in [6.07, 6.45) is 0.588. The van der Waals surface area contributed by atoms with Gasteiger partial charge in [0.1, 0.15) is 0 Å². The number of hydrogen-bond donors (Lipinski definition) is 2. The van der Waals surface area contributed by atoms with E-state index in [0.29, 0.717) is 34.3 Å². The molecule has 164 valence electrons. The van der Waals surface area contributed by atoms with Crippen LogP contribution in [0.3, 0.4) is 0 Å². The van der Waals surface area contributed by atoms with Crippen molar-refractivity contribution in [1.29, 1.82) is 0 Å². The molecule has 7 nitrogen and oxygen atoms in total. The molecule has 2 amide bonds. The quantitative estimate of drug-likeness (QED) is 0.566. The summed E-state index contributed by atoms with van der Waals surface area (Å²) < 4.78 is 11.5. The molecule has 0 aliphatic carbocycles. The molecule has 2 aromatic rings. The zero-order valence-electron chi connectivity index (χ0n) is 17.6. The third-order valence-electron chi connectivity index (χ3n) is 5.12. The third kappa shape index (κ3) is 5.02. The van der Waals surface area contributed by atoms with Gasteiger partial charge in [-0.1, -0.05) is 30.3 Å². The first-order chi connectivity index (χ1) is 14.8. The fourth-order valence-corrected chi connectivity index (χ4v) is 3.82. The Balaban J connectivity index is 1.89. The van der Waals surface area contributed by atoms with E-state index in [1.54, 1.807) is 33.0 Å². The van der Waals surface area contributed by atoms with Crippen LogP contribution in [0.2, 0.25) is 0 Å². The maximum atomic E-state index is 13.0. The van der Waals surface area contributed by atoms with Crippen molar-refractivity contribution in [2.24, 2.45) is 0 Å². The summed E-state index contributed by atoms with van der Waals surface area (Å²) >= 11 is 3.32. The van der Waals surface area contributed by atoms with Gasteiger partial charge in [-0.25, -0.2) is 9.59 Å². The normalized spacial score (nSPS) is 16.2. The first-order valence-corrected chi connectivity index (χ1v) is 10.7. The average molecular weight is 489 g/mol. The minimum absolute atomic E-state index is 0.0439. The predicted octanol–water partition coefficient (Wildman–Crippen LogP) is 4.31. The fraction of sp³-hybridized carbons (Fsp3) is 0.304. The molecule has 3 rings (SSSR count). The van der Waals surface area contributed by atoms with E-state index in [-0.39, 0.29) is 24.1 Å². The molecule has 8 heteroatoms. The predicted molar refractivity (Wildman–Crippen MR) is 120 cm³/mol. The van der Waals surface area contributed by atoms with Gasteiger partial charge >= 0.3 is 12.0 Å². The number of rotatable bonds is 7. The van der Waals surface area contributed by atoms with Crippen LogP contribution in [0.25, 0.3) is 0 Å². The number of nitrogens with one attached hydrogen (secondary N) is 1. The van der Waals surface area contributed by atoms with Gasteiger partial charge in [-0.2, -0.15) is 0 Å². The van der Waals surface area contributed by atoms with Crippen molar-refractivity contribution >= 4 is 27.9 Å². The minimum Gasteiger partial charge on any atom is -0.503 e. The van der Waals surface area contributed by atoms with Crippen molar-refractivity contribution in [3.05, 3.63) is 69.3 Å². The van der Waals surface area contributed by atoms with E-state index in [1.165, 1.54) is 4.90 Å². The number of aromatic hydroxyl groups is 1. The molecule has 0 spiro atoms. The summed E-state index contributed by atoms with van der Waals surface area (Å²) in [5, 5.41) is 13.1. The van der Waals surface area contributed by atoms with Gasteiger partial charge in [-0.15, -0.1) is 0 Å². The van der Waals surface area contributed by atoms with Gasteiger partial charge in [0.05, 0.1) is 29.3 Å². The number of carbonyl (C=O) groups is 2.